The second kappa shape index (κ2) is 4.50. The van der Waals surface area contributed by atoms with Gasteiger partial charge >= 0.3 is 0 Å². The summed E-state index contributed by atoms with van der Waals surface area (Å²) in [5, 5.41) is 11.0. The molecule has 0 spiro atoms. The van der Waals surface area contributed by atoms with Crippen molar-refractivity contribution >= 4 is 22.6 Å². The number of rotatable bonds is 2. The number of fused-ring (bicyclic) bond motifs is 1. The number of nitrogens with zero attached hydrogens (tertiary/aromatic N) is 2. The van der Waals surface area contributed by atoms with Gasteiger partial charge in [0, 0.05) is 11.1 Å². The van der Waals surface area contributed by atoms with Crippen molar-refractivity contribution in [2.24, 2.45) is 0 Å². The lowest BCUT2D eigenvalue weighted by Gasteiger charge is -2.09. The average molecular weight is 299 g/mol. The minimum Gasteiger partial charge on any atom is -0.507 e. The molecule has 2 aromatic carbocycles. The highest BCUT2D eigenvalue weighted by Gasteiger charge is 2.29. The Balaban J connectivity index is 2.01. The molecular formula is C17H15ClN2O. The maximum Gasteiger partial charge on any atom is 0.145 e. The maximum absolute atomic E-state index is 10.3. The van der Waals surface area contributed by atoms with Gasteiger partial charge in [-0.05, 0) is 55.7 Å². The lowest BCUT2D eigenvalue weighted by Crippen LogP contribution is -1.97. The van der Waals surface area contributed by atoms with Crippen molar-refractivity contribution in [3.8, 4) is 17.1 Å². The number of aryl methyl sites for hydroxylation is 1. The van der Waals surface area contributed by atoms with Crippen molar-refractivity contribution in [2.45, 2.75) is 25.8 Å². The molecule has 1 aliphatic carbocycles. The van der Waals surface area contributed by atoms with E-state index in [2.05, 4.69) is 4.57 Å². The van der Waals surface area contributed by atoms with Crippen molar-refractivity contribution in [1.82, 2.24) is 9.55 Å². The van der Waals surface area contributed by atoms with E-state index in [1.807, 2.05) is 37.3 Å². The van der Waals surface area contributed by atoms with E-state index >= 15 is 0 Å². The topological polar surface area (TPSA) is 38.0 Å². The highest BCUT2D eigenvalue weighted by atomic mass is 35.5. The van der Waals surface area contributed by atoms with Crippen molar-refractivity contribution in [3.05, 3.63) is 47.0 Å². The van der Waals surface area contributed by atoms with Crippen molar-refractivity contribution < 1.29 is 5.11 Å². The van der Waals surface area contributed by atoms with Gasteiger partial charge in [-0.1, -0.05) is 17.7 Å². The summed E-state index contributed by atoms with van der Waals surface area (Å²) in [4.78, 5) is 4.72. The van der Waals surface area contributed by atoms with E-state index in [1.165, 1.54) is 0 Å². The number of hydrogen-bond donors (Lipinski definition) is 1. The predicted molar refractivity (Wildman–Crippen MR) is 84.9 cm³/mol. The Bertz CT molecular complexity index is 849. The highest BCUT2D eigenvalue weighted by molar-refractivity contribution is 6.31. The molecule has 1 heterocycles. The molecule has 0 unspecified atom stereocenters. The zero-order chi connectivity index (χ0) is 14.6. The van der Waals surface area contributed by atoms with Crippen molar-refractivity contribution in [3.63, 3.8) is 0 Å². The first-order chi connectivity index (χ1) is 10.1. The Kier molecular flexibility index (Phi) is 2.73. The third-order valence-electron chi connectivity index (χ3n) is 3.96. The number of phenolic OH excluding ortho intramolecular Hbond substituents is 1. The molecule has 4 heteroatoms. The minimum absolute atomic E-state index is 0.276. The number of phenols is 1. The van der Waals surface area contributed by atoms with Crippen LogP contribution in [0.1, 0.15) is 24.4 Å². The number of hydrogen-bond acceptors (Lipinski definition) is 2. The summed E-state index contributed by atoms with van der Waals surface area (Å²) < 4.78 is 2.21. The summed E-state index contributed by atoms with van der Waals surface area (Å²) in [5.41, 5.74) is 3.77. The van der Waals surface area contributed by atoms with Crippen LogP contribution in [0.15, 0.2) is 36.4 Å². The van der Waals surface area contributed by atoms with Crippen LogP contribution in [0.2, 0.25) is 5.02 Å². The van der Waals surface area contributed by atoms with Gasteiger partial charge in [-0.3, -0.25) is 0 Å². The number of aromatic nitrogens is 2. The SMILES string of the molecule is Cc1ccc(-c2nc3ccc(Cl)cc3n2C2CC2)c(O)c1. The Labute approximate surface area is 127 Å². The zero-order valence-electron chi connectivity index (χ0n) is 11.7. The Morgan fingerprint density at radius 1 is 1.19 bits per heavy atom. The van der Waals surface area contributed by atoms with Crippen LogP contribution >= 0.6 is 11.6 Å². The number of halogens is 1. The summed E-state index contributed by atoms with van der Waals surface area (Å²) >= 11 is 6.13. The molecule has 0 aliphatic heterocycles. The number of aromatic hydroxyl groups is 1. The zero-order valence-corrected chi connectivity index (χ0v) is 12.4. The summed E-state index contributed by atoms with van der Waals surface area (Å²) in [5.74, 6) is 1.10. The molecule has 0 bridgehead atoms. The van der Waals surface area contributed by atoms with E-state index in [4.69, 9.17) is 16.6 Å². The standard InChI is InChI=1S/C17H15ClN2O/c1-10-2-6-13(16(21)8-10)17-19-14-7-3-11(18)9-15(14)20(17)12-4-5-12/h2-3,6-9,12,21H,4-5H2,1H3. The fourth-order valence-electron chi connectivity index (χ4n) is 2.79. The van der Waals surface area contributed by atoms with Crippen molar-refractivity contribution in [1.29, 1.82) is 0 Å². The molecule has 4 rings (SSSR count). The van der Waals surface area contributed by atoms with Gasteiger partial charge in [0.05, 0.1) is 16.6 Å². The Hall–Kier alpha value is -2.00. The summed E-state index contributed by atoms with van der Waals surface area (Å²) in [6.07, 6.45) is 2.30. The fourth-order valence-corrected chi connectivity index (χ4v) is 2.96. The van der Waals surface area contributed by atoms with Crippen LogP contribution in [0.5, 0.6) is 5.75 Å². The third-order valence-corrected chi connectivity index (χ3v) is 4.19. The van der Waals surface area contributed by atoms with Crippen LogP contribution in [0, 0.1) is 6.92 Å². The molecule has 1 fully saturated rings. The predicted octanol–water partition coefficient (Wildman–Crippen LogP) is 4.71. The molecule has 1 aromatic heterocycles. The van der Waals surface area contributed by atoms with Crippen molar-refractivity contribution in [2.75, 3.05) is 0 Å². The quantitative estimate of drug-likeness (QED) is 0.744. The van der Waals surface area contributed by atoms with Gasteiger partial charge in [0.2, 0.25) is 0 Å². The highest BCUT2D eigenvalue weighted by Crippen LogP contribution is 2.43. The van der Waals surface area contributed by atoms with Crippen LogP contribution in [-0.4, -0.2) is 14.7 Å². The van der Waals surface area contributed by atoms with E-state index in [1.54, 1.807) is 6.07 Å². The van der Waals surface area contributed by atoms with Gasteiger partial charge < -0.3 is 9.67 Å². The third kappa shape index (κ3) is 2.09. The van der Waals surface area contributed by atoms with Crippen LogP contribution in [0.25, 0.3) is 22.4 Å². The van der Waals surface area contributed by atoms with Crippen LogP contribution in [-0.2, 0) is 0 Å². The summed E-state index contributed by atoms with van der Waals surface area (Å²) in [7, 11) is 0. The smallest absolute Gasteiger partial charge is 0.145 e. The van der Waals surface area contributed by atoms with E-state index in [-0.39, 0.29) is 5.75 Å². The van der Waals surface area contributed by atoms with E-state index in [0.29, 0.717) is 11.1 Å². The van der Waals surface area contributed by atoms with E-state index in [9.17, 15) is 5.11 Å². The van der Waals surface area contributed by atoms with Gasteiger partial charge in [-0.25, -0.2) is 4.98 Å². The van der Waals surface area contributed by atoms with Gasteiger partial charge in [0.15, 0.2) is 0 Å². The molecule has 0 amide bonds. The monoisotopic (exact) mass is 298 g/mol. The van der Waals surface area contributed by atoms with Gasteiger partial charge in [0.25, 0.3) is 0 Å². The summed E-state index contributed by atoms with van der Waals surface area (Å²) in [6.45, 7) is 1.97. The van der Waals surface area contributed by atoms with Gasteiger partial charge in [-0.2, -0.15) is 0 Å². The average Bonchev–Trinajstić information content (AvgIpc) is 3.20. The first kappa shape index (κ1) is 12.7. The molecule has 0 saturated heterocycles. The largest absolute Gasteiger partial charge is 0.507 e. The van der Waals surface area contributed by atoms with E-state index < -0.39 is 0 Å². The van der Waals surface area contributed by atoms with Crippen LogP contribution < -0.4 is 0 Å². The van der Waals surface area contributed by atoms with Gasteiger partial charge in [0.1, 0.15) is 11.6 Å². The maximum atomic E-state index is 10.3. The lowest BCUT2D eigenvalue weighted by molar-refractivity contribution is 0.476. The molecule has 1 N–H and O–H groups in total. The first-order valence-corrected chi connectivity index (χ1v) is 7.49. The second-order valence-corrected chi connectivity index (χ2v) is 6.13. The van der Waals surface area contributed by atoms with E-state index in [0.717, 1.165) is 40.8 Å². The molecule has 1 aliphatic rings. The lowest BCUT2D eigenvalue weighted by atomic mass is 10.1. The molecule has 106 valence electrons. The fraction of sp³-hybridized carbons (Fsp3) is 0.235. The minimum atomic E-state index is 0.276. The molecule has 21 heavy (non-hydrogen) atoms. The Morgan fingerprint density at radius 2 is 2.00 bits per heavy atom. The second-order valence-electron chi connectivity index (χ2n) is 5.69. The molecule has 1 saturated carbocycles. The number of imidazole rings is 1. The van der Waals surface area contributed by atoms with Crippen LogP contribution in [0.4, 0.5) is 0 Å². The first-order valence-electron chi connectivity index (χ1n) is 7.11. The molecule has 0 atom stereocenters. The molecule has 0 radical (unpaired) electrons. The summed E-state index contributed by atoms with van der Waals surface area (Å²) in [6, 6.07) is 11.9. The van der Waals surface area contributed by atoms with Gasteiger partial charge in [-0.15, -0.1) is 0 Å². The Morgan fingerprint density at radius 3 is 2.71 bits per heavy atom. The molecular weight excluding hydrogens is 284 g/mol. The number of benzene rings is 2. The molecule has 3 aromatic rings. The molecule has 3 nitrogen and oxygen atoms in total. The normalized spacial score (nSPS) is 14.8. The van der Waals surface area contributed by atoms with Crippen LogP contribution in [0.3, 0.4) is 0 Å².